The van der Waals surface area contributed by atoms with Crippen LogP contribution in [0.15, 0.2) is 11.1 Å². The van der Waals surface area contributed by atoms with E-state index in [1.165, 1.54) is 17.8 Å². The molecule has 3 rings (SSSR count). The third-order valence-corrected chi connectivity index (χ3v) is 5.56. The van der Waals surface area contributed by atoms with E-state index in [1.807, 2.05) is 0 Å². The van der Waals surface area contributed by atoms with E-state index < -0.39 is 36.1 Å². The molecular weight excluding hydrogens is 354 g/mol. The first-order valence-corrected chi connectivity index (χ1v) is 9.18. The molecule has 1 fully saturated rings. The van der Waals surface area contributed by atoms with Crippen molar-refractivity contribution < 1.29 is 20.4 Å². The number of aliphatic hydroxyl groups is 4. The first-order valence-electron chi connectivity index (χ1n) is 9.18. The van der Waals surface area contributed by atoms with Crippen molar-refractivity contribution in [2.24, 2.45) is 0 Å². The Morgan fingerprint density at radius 2 is 2.07 bits per heavy atom. The molecule has 1 saturated carbocycles. The monoisotopic (exact) mass is 381 g/mol. The molecule has 0 radical (unpaired) electrons. The molecule has 10 nitrogen and oxygen atoms in total. The summed E-state index contributed by atoms with van der Waals surface area (Å²) in [5, 5.41) is 43.0. The van der Waals surface area contributed by atoms with Gasteiger partial charge in [0.15, 0.2) is 5.65 Å². The number of fused-ring (bicyclic) bond motifs is 1. The van der Waals surface area contributed by atoms with E-state index in [0.29, 0.717) is 11.3 Å². The minimum Gasteiger partial charge on any atom is -0.394 e. The van der Waals surface area contributed by atoms with E-state index in [4.69, 9.17) is 5.11 Å². The highest BCUT2D eigenvalue weighted by molar-refractivity contribution is 5.82. The van der Waals surface area contributed by atoms with Crippen molar-refractivity contribution in [3.63, 3.8) is 0 Å². The smallest absolute Gasteiger partial charge is 0.348 e. The number of nitrogens with one attached hydrogen (secondary N) is 2. The standard InChI is InChI=1S/C17H27N5O5/c1-9(17(2,27)13(25)11(24)7-23)22-8-18-12-14(19-10-5-3-4-6-10)20-16(26)21-15(12)22/h8-11,13,23-25,27H,3-7H2,1-2H3,(H2,19,20,21,26)/t9-,11-,13?,17-/m1/s1. The number of hydrogen-bond acceptors (Lipinski definition) is 8. The Balaban J connectivity index is 1.97. The molecule has 150 valence electrons. The predicted molar refractivity (Wildman–Crippen MR) is 98.5 cm³/mol. The lowest BCUT2D eigenvalue weighted by atomic mass is 9.88. The van der Waals surface area contributed by atoms with Gasteiger partial charge in [-0.05, 0) is 26.7 Å². The topological polar surface area (TPSA) is 157 Å². The summed E-state index contributed by atoms with van der Waals surface area (Å²) in [6, 6.07) is -0.522. The Hall–Kier alpha value is -2.01. The van der Waals surface area contributed by atoms with Crippen LogP contribution in [-0.2, 0) is 0 Å². The molecule has 4 atom stereocenters. The molecule has 0 saturated heterocycles. The van der Waals surface area contributed by atoms with Gasteiger partial charge in [0.2, 0.25) is 0 Å². The average molecular weight is 381 g/mol. The number of aromatic nitrogens is 4. The largest absolute Gasteiger partial charge is 0.394 e. The molecule has 1 unspecified atom stereocenters. The normalized spacial score (nSPS) is 21.1. The quantitative estimate of drug-likeness (QED) is 0.375. The van der Waals surface area contributed by atoms with Crippen LogP contribution in [0.4, 0.5) is 5.82 Å². The zero-order chi connectivity index (χ0) is 19.8. The summed E-state index contributed by atoms with van der Waals surface area (Å²) in [7, 11) is 0. The van der Waals surface area contributed by atoms with Crippen molar-refractivity contribution in [3.05, 3.63) is 16.8 Å². The van der Waals surface area contributed by atoms with Crippen LogP contribution >= 0.6 is 0 Å². The van der Waals surface area contributed by atoms with Gasteiger partial charge in [0, 0.05) is 6.04 Å². The number of aliphatic hydroxyl groups excluding tert-OH is 3. The minimum absolute atomic E-state index is 0.262. The van der Waals surface area contributed by atoms with Crippen LogP contribution in [0.5, 0.6) is 0 Å². The van der Waals surface area contributed by atoms with Crippen molar-refractivity contribution >= 4 is 17.0 Å². The van der Waals surface area contributed by atoms with Crippen LogP contribution in [0.25, 0.3) is 11.2 Å². The van der Waals surface area contributed by atoms with Crippen molar-refractivity contribution in [1.29, 1.82) is 0 Å². The maximum absolute atomic E-state index is 12.1. The maximum Gasteiger partial charge on any atom is 0.348 e. The number of anilines is 1. The van der Waals surface area contributed by atoms with Gasteiger partial charge in [-0.25, -0.2) is 9.78 Å². The molecule has 2 heterocycles. The highest BCUT2D eigenvalue weighted by Crippen LogP contribution is 2.31. The summed E-state index contributed by atoms with van der Waals surface area (Å²) < 4.78 is 1.48. The molecule has 0 spiro atoms. The van der Waals surface area contributed by atoms with E-state index >= 15 is 0 Å². The third-order valence-electron chi connectivity index (χ3n) is 5.56. The summed E-state index contributed by atoms with van der Waals surface area (Å²) in [4.78, 5) is 23.0. The number of nitrogens with zero attached hydrogens (tertiary/aromatic N) is 3. The van der Waals surface area contributed by atoms with Gasteiger partial charge in [0.05, 0.1) is 19.0 Å². The van der Waals surface area contributed by atoms with E-state index in [1.54, 1.807) is 6.92 Å². The van der Waals surface area contributed by atoms with Crippen LogP contribution < -0.4 is 11.0 Å². The zero-order valence-corrected chi connectivity index (χ0v) is 15.5. The van der Waals surface area contributed by atoms with Gasteiger partial charge >= 0.3 is 5.69 Å². The Bertz CT molecular complexity index is 842. The van der Waals surface area contributed by atoms with Gasteiger partial charge in [-0.1, -0.05) is 12.8 Å². The average Bonchev–Trinajstić information content (AvgIpc) is 3.29. The van der Waals surface area contributed by atoms with Crippen LogP contribution in [0.3, 0.4) is 0 Å². The molecule has 2 aromatic heterocycles. The fourth-order valence-corrected chi connectivity index (χ4v) is 3.61. The molecule has 1 aliphatic carbocycles. The third kappa shape index (κ3) is 3.70. The summed E-state index contributed by atoms with van der Waals surface area (Å²) >= 11 is 0. The Morgan fingerprint density at radius 3 is 2.70 bits per heavy atom. The zero-order valence-electron chi connectivity index (χ0n) is 15.5. The Kier molecular flexibility index (Phi) is 5.52. The first-order chi connectivity index (χ1) is 12.8. The van der Waals surface area contributed by atoms with Crippen LogP contribution in [-0.4, -0.2) is 70.4 Å². The van der Waals surface area contributed by atoms with Crippen molar-refractivity contribution in [3.8, 4) is 0 Å². The van der Waals surface area contributed by atoms with Crippen molar-refractivity contribution in [2.45, 2.75) is 69.4 Å². The second-order valence-corrected chi connectivity index (χ2v) is 7.46. The molecule has 0 amide bonds. The van der Waals surface area contributed by atoms with Gasteiger partial charge < -0.3 is 30.3 Å². The Morgan fingerprint density at radius 1 is 1.41 bits per heavy atom. The maximum atomic E-state index is 12.1. The van der Waals surface area contributed by atoms with Crippen molar-refractivity contribution in [1.82, 2.24) is 19.5 Å². The number of aromatic amines is 1. The van der Waals surface area contributed by atoms with E-state index in [9.17, 15) is 20.1 Å². The van der Waals surface area contributed by atoms with E-state index in [-0.39, 0.29) is 11.7 Å². The molecule has 10 heteroatoms. The minimum atomic E-state index is -1.81. The fourth-order valence-electron chi connectivity index (χ4n) is 3.61. The van der Waals surface area contributed by atoms with Gasteiger partial charge in [0.1, 0.15) is 29.1 Å². The highest BCUT2D eigenvalue weighted by Gasteiger charge is 2.41. The summed E-state index contributed by atoms with van der Waals surface area (Å²) in [5.41, 5.74) is -1.63. The molecular formula is C17H27N5O5. The number of imidazole rings is 1. The van der Waals surface area contributed by atoms with Gasteiger partial charge in [-0.3, -0.25) is 4.98 Å². The number of rotatable bonds is 7. The second kappa shape index (κ2) is 7.55. The van der Waals surface area contributed by atoms with Crippen LogP contribution in [0, 0.1) is 0 Å². The SMILES string of the molecule is C[C@@H](n1cnc2c(NC3CCCC3)[nH]c(=O)nc21)[C@@](C)(O)C(O)[C@H](O)CO. The molecule has 1 aliphatic rings. The molecule has 27 heavy (non-hydrogen) atoms. The van der Waals surface area contributed by atoms with Gasteiger partial charge in [-0.2, -0.15) is 4.98 Å². The molecule has 0 aliphatic heterocycles. The second-order valence-electron chi connectivity index (χ2n) is 7.46. The lowest BCUT2D eigenvalue weighted by Crippen LogP contribution is -2.52. The van der Waals surface area contributed by atoms with Crippen LogP contribution in [0.1, 0.15) is 45.6 Å². The predicted octanol–water partition coefficient (Wildman–Crippen LogP) is -0.500. The fraction of sp³-hybridized carbons (Fsp3) is 0.706. The lowest BCUT2D eigenvalue weighted by molar-refractivity contribution is -0.144. The Labute approximate surface area is 155 Å². The first kappa shape index (κ1) is 19.7. The van der Waals surface area contributed by atoms with Gasteiger partial charge in [0.25, 0.3) is 0 Å². The van der Waals surface area contributed by atoms with Crippen molar-refractivity contribution in [2.75, 3.05) is 11.9 Å². The summed E-state index contributed by atoms with van der Waals surface area (Å²) in [6.07, 6.45) is 2.62. The van der Waals surface area contributed by atoms with Gasteiger partial charge in [-0.15, -0.1) is 0 Å². The number of H-pyrrole nitrogens is 1. The van der Waals surface area contributed by atoms with Crippen LogP contribution in [0.2, 0.25) is 0 Å². The molecule has 0 aromatic carbocycles. The number of hydrogen-bond donors (Lipinski definition) is 6. The highest BCUT2D eigenvalue weighted by atomic mass is 16.4. The molecule has 2 aromatic rings. The molecule has 6 N–H and O–H groups in total. The van der Waals surface area contributed by atoms with E-state index in [2.05, 4.69) is 20.3 Å². The summed E-state index contributed by atoms with van der Waals surface area (Å²) in [6.45, 7) is 2.27. The lowest BCUT2D eigenvalue weighted by Gasteiger charge is -2.37. The molecule has 0 bridgehead atoms. The van der Waals surface area contributed by atoms with E-state index in [0.717, 1.165) is 25.7 Å². The summed E-state index contributed by atoms with van der Waals surface area (Å²) in [5.74, 6) is 0.485.